The number of rotatable bonds is 7. The summed E-state index contributed by atoms with van der Waals surface area (Å²) in [7, 11) is 0. The molecule has 0 unspecified atom stereocenters. The van der Waals surface area contributed by atoms with Gasteiger partial charge < -0.3 is 10.2 Å². The summed E-state index contributed by atoms with van der Waals surface area (Å²) in [6.45, 7) is 2.54. The third-order valence-corrected chi connectivity index (χ3v) is 6.20. The summed E-state index contributed by atoms with van der Waals surface area (Å²) in [6.07, 6.45) is 5.60. The van der Waals surface area contributed by atoms with E-state index in [0.29, 0.717) is 31.1 Å². The second-order valence-corrected chi connectivity index (χ2v) is 8.41. The van der Waals surface area contributed by atoms with Crippen molar-refractivity contribution in [2.45, 2.75) is 44.1 Å². The van der Waals surface area contributed by atoms with Gasteiger partial charge in [0.05, 0.1) is 12.0 Å². The number of hydrogen-bond acceptors (Lipinski definition) is 5. The molecule has 1 saturated carbocycles. The number of benzene rings is 1. The average Bonchev–Trinajstić information content (AvgIpc) is 3.39. The van der Waals surface area contributed by atoms with Crippen LogP contribution in [0.4, 0.5) is 0 Å². The van der Waals surface area contributed by atoms with Crippen LogP contribution in [0.25, 0.3) is 0 Å². The molecule has 1 aromatic carbocycles. The summed E-state index contributed by atoms with van der Waals surface area (Å²) in [4.78, 5) is 27.3. The molecule has 154 valence electrons. The standard InChI is InChI=1S/C20H25ClN6O2/c21-17-5-3-16(4-6-17)20(8-9-20)19(29)22-12-15-2-1-10-26(13-15)18(28)7-11-27-14-23-24-25-27/h3-6,14-15H,1-2,7-13H2,(H,22,29)/t15-/m0/s1. The zero-order valence-corrected chi connectivity index (χ0v) is 17.0. The third-order valence-electron chi connectivity index (χ3n) is 5.95. The number of tetrazole rings is 1. The second-order valence-electron chi connectivity index (χ2n) is 7.97. The molecule has 1 aliphatic carbocycles. The predicted molar refractivity (Wildman–Crippen MR) is 107 cm³/mol. The van der Waals surface area contributed by atoms with Gasteiger partial charge in [-0.05, 0) is 59.7 Å². The van der Waals surface area contributed by atoms with Crippen molar-refractivity contribution in [2.24, 2.45) is 5.92 Å². The number of halogens is 1. The summed E-state index contributed by atoms with van der Waals surface area (Å²) in [5.74, 6) is 0.476. The third kappa shape index (κ3) is 4.58. The molecule has 2 fully saturated rings. The molecule has 9 heteroatoms. The second kappa shape index (κ2) is 8.49. The molecule has 0 radical (unpaired) electrons. The Kier molecular flexibility index (Phi) is 5.80. The van der Waals surface area contributed by atoms with Crippen LogP contribution in [0.3, 0.4) is 0 Å². The molecule has 29 heavy (non-hydrogen) atoms. The molecule has 0 spiro atoms. The Morgan fingerprint density at radius 1 is 1.24 bits per heavy atom. The average molecular weight is 417 g/mol. The van der Waals surface area contributed by atoms with Gasteiger partial charge in [-0.1, -0.05) is 23.7 Å². The topological polar surface area (TPSA) is 93.0 Å². The minimum Gasteiger partial charge on any atom is -0.355 e. The van der Waals surface area contributed by atoms with Gasteiger partial charge in [-0.3, -0.25) is 9.59 Å². The summed E-state index contributed by atoms with van der Waals surface area (Å²) < 4.78 is 1.56. The van der Waals surface area contributed by atoms with Crippen LogP contribution in [0, 0.1) is 5.92 Å². The normalized spacial score (nSPS) is 20.3. The number of piperidine rings is 1. The van der Waals surface area contributed by atoms with Gasteiger partial charge in [-0.25, -0.2) is 4.68 Å². The highest BCUT2D eigenvalue weighted by atomic mass is 35.5. The van der Waals surface area contributed by atoms with Crippen molar-refractivity contribution in [1.29, 1.82) is 0 Å². The Hall–Kier alpha value is -2.48. The summed E-state index contributed by atoms with van der Waals surface area (Å²) in [6, 6.07) is 7.57. The zero-order chi connectivity index (χ0) is 20.3. The monoisotopic (exact) mass is 416 g/mol. The van der Waals surface area contributed by atoms with E-state index in [1.807, 2.05) is 29.2 Å². The van der Waals surface area contributed by atoms with Crippen molar-refractivity contribution in [3.05, 3.63) is 41.2 Å². The van der Waals surface area contributed by atoms with Crippen molar-refractivity contribution in [2.75, 3.05) is 19.6 Å². The van der Waals surface area contributed by atoms with E-state index in [0.717, 1.165) is 37.8 Å². The highest BCUT2D eigenvalue weighted by Crippen LogP contribution is 2.48. The highest BCUT2D eigenvalue weighted by molar-refractivity contribution is 6.30. The van der Waals surface area contributed by atoms with Crippen molar-refractivity contribution in [3.8, 4) is 0 Å². The van der Waals surface area contributed by atoms with Crippen LogP contribution in [0.2, 0.25) is 5.02 Å². The van der Waals surface area contributed by atoms with E-state index in [4.69, 9.17) is 11.6 Å². The van der Waals surface area contributed by atoms with Crippen molar-refractivity contribution in [1.82, 2.24) is 30.4 Å². The zero-order valence-electron chi connectivity index (χ0n) is 16.3. The lowest BCUT2D eigenvalue weighted by molar-refractivity contribution is -0.133. The SMILES string of the molecule is O=C(CCn1cnnn1)N1CCC[C@@H](CNC(=O)C2(c3ccc(Cl)cc3)CC2)C1. The number of nitrogens with one attached hydrogen (secondary N) is 1. The lowest BCUT2D eigenvalue weighted by Gasteiger charge is -2.33. The Morgan fingerprint density at radius 3 is 2.72 bits per heavy atom. The molecular weight excluding hydrogens is 392 g/mol. The molecule has 2 heterocycles. The fourth-order valence-electron chi connectivity index (χ4n) is 4.06. The van der Waals surface area contributed by atoms with Crippen LogP contribution in [0.1, 0.15) is 37.7 Å². The number of hydrogen-bond donors (Lipinski definition) is 1. The van der Waals surface area contributed by atoms with E-state index in [-0.39, 0.29) is 17.7 Å². The van der Waals surface area contributed by atoms with Gasteiger partial charge in [-0.2, -0.15) is 0 Å². The number of carbonyl (C=O) groups excluding carboxylic acids is 2. The van der Waals surface area contributed by atoms with Crippen LogP contribution in [0.15, 0.2) is 30.6 Å². The van der Waals surface area contributed by atoms with Crippen molar-refractivity contribution >= 4 is 23.4 Å². The van der Waals surface area contributed by atoms with Gasteiger partial charge in [0.2, 0.25) is 11.8 Å². The van der Waals surface area contributed by atoms with Crippen molar-refractivity contribution in [3.63, 3.8) is 0 Å². The molecule has 1 N–H and O–H groups in total. The fraction of sp³-hybridized carbons (Fsp3) is 0.550. The summed E-state index contributed by atoms with van der Waals surface area (Å²) >= 11 is 5.97. The van der Waals surface area contributed by atoms with Gasteiger partial charge in [-0.15, -0.1) is 5.10 Å². The molecule has 0 bridgehead atoms. The molecule has 4 rings (SSSR count). The number of aryl methyl sites for hydroxylation is 1. The number of likely N-dealkylation sites (tertiary alicyclic amines) is 1. The minimum absolute atomic E-state index is 0.0851. The highest BCUT2D eigenvalue weighted by Gasteiger charge is 2.51. The van der Waals surface area contributed by atoms with Crippen LogP contribution >= 0.6 is 11.6 Å². The summed E-state index contributed by atoms with van der Waals surface area (Å²) in [5, 5.41) is 14.8. The Balaban J connectivity index is 1.26. The molecule has 2 amide bonds. The van der Waals surface area contributed by atoms with Crippen LogP contribution in [-0.4, -0.2) is 56.6 Å². The lowest BCUT2D eigenvalue weighted by atomic mass is 9.93. The molecule has 8 nitrogen and oxygen atoms in total. The lowest BCUT2D eigenvalue weighted by Crippen LogP contribution is -2.45. The molecule has 1 atom stereocenters. The van der Waals surface area contributed by atoms with Gasteiger partial charge in [0.15, 0.2) is 0 Å². The van der Waals surface area contributed by atoms with E-state index in [2.05, 4.69) is 20.8 Å². The van der Waals surface area contributed by atoms with E-state index in [1.54, 1.807) is 4.68 Å². The first-order valence-corrected chi connectivity index (χ1v) is 10.5. The quantitative estimate of drug-likeness (QED) is 0.742. The summed E-state index contributed by atoms with van der Waals surface area (Å²) in [5.41, 5.74) is 0.628. The van der Waals surface area contributed by atoms with E-state index in [1.165, 1.54) is 6.33 Å². The van der Waals surface area contributed by atoms with Gasteiger partial charge in [0.1, 0.15) is 6.33 Å². The molecule has 1 saturated heterocycles. The number of nitrogens with zero attached hydrogens (tertiary/aromatic N) is 5. The molecular formula is C20H25ClN6O2. The van der Waals surface area contributed by atoms with E-state index >= 15 is 0 Å². The predicted octanol–water partition coefficient (Wildman–Crippen LogP) is 1.80. The Morgan fingerprint density at radius 2 is 2.03 bits per heavy atom. The Labute approximate surface area is 174 Å². The maximum absolute atomic E-state index is 12.9. The van der Waals surface area contributed by atoms with E-state index < -0.39 is 5.41 Å². The van der Waals surface area contributed by atoms with Crippen molar-refractivity contribution < 1.29 is 9.59 Å². The smallest absolute Gasteiger partial charge is 0.230 e. The Bertz CT molecular complexity index is 850. The van der Waals surface area contributed by atoms with Crippen LogP contribution in [-0.2, 0) is 21.5 Å². The van der Waals surface area contributed by atoms with Gasteiger partial charge >= 0.3 is 0 Å². The van der Waals surface area contributed by atoms with Crippen LogP contribution in [0.5, 0.6) is 0 Å². The number of aromatic nitrogens is 4. The molecule has 2 aliphatic rings. The minimum atomic E-state index is -0.402. The maximum atomic E-state index is 12.9. The first kappa shape index (κ1) is 19.8. The van der Waals surface area contributed by atoms with Crippen LogP contribution < -0.4 is 5.32 Å². The van der Waals surface area contributed by atoms with Gasteiger partial charge in [0.25, 0.3) is 0 Å². The fourth-order valence-corrected chi connectivity index (χ4v) is 4.18. The first-order valence-electron chi connectivity index (χ1n) is 10.1. The number of carbonyl (C=O) groups is 2. The molecule has 2 aromatic rings. The first-order chi connectivity index (χ1) is 14.1. The van der Waals surface area contributed by atoms with Gasteiger partial charge in [0, 0.05) is 31.1 Å². The molecule has 1 aliphatic heterocycles. The van der Waals surface area contributed by atoms with E-state index in [9.17, 15) is 9.59 Å². The largest absolute Gasteiger partial charge is 0.355 e. The maximum Gasteiger partial charge on any atom is 0.230 e. The molecule has 1 aromatic heterocycles. The number of amides is 2.